The summed E-state index contributed by atoms with van der Waals surface area (Å²) >= 11 is 1.77. The fourth-order valence-corrected chi connectivity index (χ4v) is 2.94. The Labute approximate surface area is 146 Å². The maximum absolute atomic E-state index is 5.49. The number of hydrogen-bond acceptors (Lipinski definition) is 1. The molecule has 1 aliphatic rings. The fraction of sp³-hybridized carbons (Fsp3) is 0.375. The molecule has 0 bridgehead atoms. The molecule has 4 heteroatoms. The summed E-state index contributed by atoms with van der Waals surface area (Å²) in [7, 11) is 0. The van der Waals surface area contributed by atoms with Crippen molar-refractivity contribution in [2.75, 3.05) is 0 Å². The Balaban J connectivity index is 0.00000180. The van der Waals surface area contributed by atoms with Crippen LogP contribution in [0.4, 0.5) is 0 Å². The molecule has 107 valence electrons. The first-order valence-electron chi connectivity index (χ1n) is 6.37. The van der Waals surface area contributed by atoms with E-state index in [4.69, 9.17) is 3.32 Å². The van der Waals surface area contributed by atoms with Crippen LogP contribution in [-0.2, 0) is 24.1 Å². The van der Waals surface area contributed by atoms with Gasteiger partial charge in [0.15, 0.2) is 0 Å². The average Bonchev–Trinajstić information content (AvgIpc) is 2.62. The first-order valence-corrected chi connectivity index (χ1v) is 7.01. The second-order valence-corrected chi connectivity index (χ2v) is 5.39. The quantitative estimate of drug-likeness (QED) is 0.613. The Morgan fingerprint density at radius 2 is 1.75 bits per heavy atom. The van der Waals surface area contributed by atoms with Crippen molar-refractivity contribution >= 4 is 5.57 Å². The van der Waals surface area contributed by atoms with Gasteiger partial charge in [-0.15, -0.1) is 0 Å². The molecule has 0 radical (unpaired) electrons. The number of rotatable bonds is 3. The van der Waals surface area contributed by atoms with Gasteiger partial charge in [0, 0.05) is 0 Å². The molecular weight excluding hydrogens is 327 g/mol. The van der Waals surface area contributed by atoms with Crippen molar-refractivity contribution in [3.63, 3.8) is 0 Å². The molecule has 1 aliphatic carbocycles. The summed E-state index contributed by atoms with van der Waals surface area (Å²) in [6.45, 7) is 8.79. The van der Waals surface area contributed by atoms with Gasteiger partial charge in [-0.25, -0.2) is 0 Å². The standard InChI is InChI=1S/C16H19O.2ClH.Ti/c1-10-9-11(2)16(12(10)3)15-8-6-5-7-14(15)13(4)17;;;/h5-9,11,13H,1-4H3;2*1H;/q-1;;;+3/p-2. The molecule has 0 saturated carbocycles. The van der Waals surface area contributed by atoms with E-state index in [1.807, 2.05) is 0 Å². The molecule has 0 amide bonds. The zero-order chi connectivity index (χ0) is 13.3. The minimum absolute atomic E-state index is 0. The van der Waals surface area contributed by atoms with Gasteiger partial charge in [-0.05, 0) is 0 Å². The van der Waals surface area contributed by atoms with Gasteiger partial charge >= 0.3 is 122 Å². The summed E-state index contributed by atoms with van der Waals surface area (Å²) < 4.78 is 5.49. The Kier molecular flexibility index (Phi) is 8.39. The van der Waals surface area contributed by atoms with E-state index in [0.717, 1.165) is 0 Å². The van der Waals surface area contributed by atoms with E-state index < -0.39 is 0 Å². The second kappa shape index (κ2) is 8.41. The number of halogens is 2. The van der Waals surface area contributed by atoms with E-state index in [1.165, 1.54) is 27.8 Å². The Bertz CT molecular complexity index is 523. The Morgan fingerprint density at radius 1 is 1.15 bits per heavy atom. The summed E-state index contributed by atoms with van der Waals surface area (Å²) in [5.41, 5.74) is 6.89. The topological polar surface area (TPSA) is 9.23 Å². The van der Waals surface area contributed by atoms with Crippen LogP contribution in [0, 0.1) is 5.92 Å². The molecule has 0 spiro atoms. The number of benzene rings is 1. The molecular formula is C16H19Cl2OTi. The largest absolute Gasteiger partial charge is 1.00 e. The van der Waals surface area contributed by atoms with E-state index in [-0.39, 0.29) is 30.9 Å². The second-order valence-electron chi connectivity index (χ2n) is 5.02. The van der Waals surface area contributed by atoms with Crippen LogP contribution in [-0.4, -0.2) is 0 Å². The van der Waals surface area contributed by atoms with E-state index in [9.17, 15) is 0 Å². The van der Waals surface area contributed by atoms with Gasteiger partial charge in [0.05, 0.1) is 0 Å². The monoisotopic (exact) mass is 345 g/mol. The summed E-state index contributed by atoms with van der Waals surface area (Å²) in [5, 5.41) is 0. The van der Waals surface area contributed by atoms with Crippen LogP contribution in [0.15, 0.2) is 41.5 Å². The molecule has 0 heterocycles. The SMILES string of the molecule is CC1=CC(C)C(c2ccccc2C(C)[O][Ti+2])=C1C.[Cl-].[Cl-]. The van der Waals surface area contributed by atoms with Crippen molar-refractivity contribution < 1.29 is 49.0 Å². The summed E-state index contributed by atoms with van der Waals surface area (Å²) in [5.74, 6) is 0.496. The minimum Gasteiger partial charge on any atom is -1.00 e. The maximum Gasteiger partial charge on any atom is -1.00 e. The molecule has 1 aromatic rings. The third-order valence-electron chi connectivity index (χ3n) is 3.82. The van der Waals surface area contributed by atoms with Crippen LogP contribution in [0.25, 0.3) is 5.57 Å². The maximum atomic E-state index is 5.49. The third-order valence-corrected chi connectivity index (χ3v) is 4.37. The van der Waals surface area contributed by atoms with Crippen LogP contribution in [0.3, 0.4) is 0 Å². The molecule has 1 aromatic carbocycles. The Morgan fingerprint density at radius 3 is 2.25 bits per heavy atom. The third kappa shape index (κ3) is 3.78. The van der Waals surface area contributed by atoms with Gasteiger partial charge in [0.2, 0.25) is 0 Å². The predicted octanol–water partition coefficient (Wildman–Crippen LogP) is -1.40. The Hall–Kier alpha value is -0.0457. The van der Waals surface area contributed by atoms with Gasteiger partial charge in [0.25, 0.3) is 0 Å². The average molecular weight is 346 g/mol. The van der Waals surface area contributed by atoms with E-state index in [2.05, 4.69) is 58.0 Å². The summed E-state index contributed by atoms with van der Waals surface area (Å²) in [4.78, 5) is 0. The molecule has 20 heavy (non-hydrogen) atoms. The van der Waals surface area contributed by atoms with Crippen molar-refractivity contribution in [3.05, 3.63) is 52.6 Å². The van der Waals surface area contributed by atoms with E-state index >= 15 is 0 Å². The van der Waals surface area contributed by atoms with Crippen molar-refractivity contribution in [1.82, 2.24) is 0 Å². The molecule has 2 rings (SSSR count). The first-order chi connectivity index (χ1) is 8.56. The van der Waals surface area contributed by atoms with Gasteiger partial charge in [0.1, 0.15) is 0 Å². The summed E-state index contributed by atoms with van der Waals surface area (Å²) in [6.07, 6.45) is 2.48. The fourth-order valence-electron chi connectivity index (χ4n) is 2.74. The van der Waals surface area contributed by atoms with Gasteiger partial charge < -0.3 is 24.8 Å². The summed E-state index contributed by atoms with van der Waals surface area (Å²) in [6, 6.07) is 8.59. The molecule has 0 aliphatic heterocycles. The first kappa shape index (κ1) is 20.0. The zero-order valence-corrected chi connectivity index (χ0v) is 15.3. The van der Waals surface area contributed by atoms with Gasteiger partial charge in [-0.3, -0.25) is 0 Å². The van der Waals surface area contributed by atoms with Gasteiger partial charge in [-0.1, -0.05) is 0 Å². The minimum atomic E-state index is 0. The van der Waals surface area contributed by atoms with Crippen molar-refractivity contribution in [2.24, 2.45) is 5.92 Å². The molecule has 1 nitrogen and oxygen atoms in total. The van der Waals surface area contributed by atoms with Crippen LogP contribution >= 0.6 is 0 Å². The number of hydrogen-bond donors (Lipinski definition) is 0. The van der Waals surface area contributed by atoms with Crippen LogP contribution in [0.2, 0.25) is 0 Å². The normalized spacial score (nSPS) is 19.1. The molecule has 2 atom stereocenters. The van der Waals surface area contributed by atoms with Crippen LogP contribution in [0.5, 0.6) is 0 Å². The van der Waals surface area contributed by atoms with E-state index in [0.29, 0.717) is 5.92 Å². The van der Waals surface area contributed by atoms with Crippen LogP contribution < -0.4 is 24.8 Å². The van der Waals surface area contributed by atoms with Crippen molar-refractivity contribution in [1.29, 1.82) is 0 Å². The van der Waals surface area contributed by atoms with E-state index in [1.54, 1.807) is 20.8 Å². The smallest absolute Gasteiger partial charge is 1.00 e. The molecule has 0 saturated heterocycles. The molecule has 0 aromatic heterocycles. The van der Waals surface area contributed by atoms with Gasteiger partial charge in [-0.2, -0.15) is 0 Å². The predicted molar refractivity (Wildman–Crippen MR) is 71.5 cm³/mol. The zero-order valence-electron chi connectivity index (χ0n) is 12.2. The molecule has 0 N–H and O–H groups in total. The van der Waals surface area contributed by atoms with Crippen molar-refractivity contribution in [3.8, 4) is 0 Å². The molecule has 0 fully saturated rings. The van der Waals surface area contributed by atoms with Crippen LogP contribution in [0.1, 0.15) is 44.9 Å². The van der Waals surface area contributed by atoms with Crippen molar-refractivity contribution in [2.45, 2.75) is 33.8 Å². The number of allylic oxidation sites excluding steroid dienone is 4. The molecule has 2 unspecified atom stereocenters.